The topological polar surface area (TPSA) is 44.4 Å². The minimum atomic E-state index is -0.422. The third-order valence-corrected chi connectivity index (χ3v) is 5.47. The second-order valence-corrected chi connectivity index (χ2v) is 7.12. The molecule has 1 aromatic carbocycles. The van der Waals surface area contributed by atoms with Gasteiger partial charge >= 0.3 is 0 Å². The zero-order chi connectivity index (χ0) is 16.1. The highest BCUT2D eigenvalue weighted by Gasteiger charge is 2.41. The number of anilines is 1. The van der Waals surface area contributed by atoms with E-state index in [4.69, 9.17) is 0 Å². The van der Waals surface area contributed by atoms with Crippen molar-refractivity contribution in [2.75, 3.05) is 25.5 Å². The Kier molecular flexibility index (Phi) is 5.21. The largest absolute Gasteiger partial charge is 0.371 e. The zero-order valence-electron chi connectivity index (χ0n) is 14.2. The highest BCUT2D eigenvalue weighted by Crippen LogP contribution is 2.33. The third kappa shape index (κ3) is 3.86. The number of nitrogens with one attached hydrogen (secondary N) is 2. The SMILES string of the molecule is CN1CCCC[C@H]1CNC(=O)C1(Nc2ccccc2)CCCC1. The van der Waals surface area contributed by atoms with Crippen LogP contribution < -0.4 is 10.6 Å². The van der Waals surface area contributed by atoms with Crippen molar-refractivity contribution in [1.82, 2.24) is 10.2 Å². The molecule has 1 saturated carbocycles. The van der Waals surface area contributed by atoms with Gasteiger partial charge in [-0.1, -0.05) is 37.5 Å². The standard InChI is InChI=1S/C19H29N3O/c1-22-14-8-5-11-17(22)15-20-18(23)19(12-6-7-13-19)21-16-9-3-2-4-10-16/h2-4,9-10,17,21H,5-8,11-15H2,1H3,(H,20,23)/t17-/m0/s1. The molecule has 1 saturated heterocycles. The Bertz CT molecular complexity index is 511. The van der Waals surface area contributed by atoms with Gasteiger partial charge in [-0.05, 0) is 51.4 Å². The lowest BCUT2D eigenvalue weighted by Crippen LogP contribution is -2.54. The highest BCUT2D eigenvalue weighted by atomic mass is 16.2. The summed E-state index contributed by atoms with van der Waals surface area (Å²) in [5, 5.41) is 6.77. The highest BCUT2D eigenvalue weighted by molar-refractivity contribution is 5.89. The molecule has 1 aliphatic carbocycles. The van der Waals surface area contributed by atoms with Crippen molar-refractivity contribution < 1.29 is 4.79 Å². The second-order valence-electron chi connectivity index (χ2n) is 7.12. The molecule has 1 atom stereocenters. The number of piperidine rings is 1. The average molecular weight is 315 g/mol. The molecular weight excluding hydrogens is 286 g/mol. The van der Waals surface area contributed by atoms with Crippen LogP contribution in [0, 0.1) is 0 Å². The van der Waals surface area contributed by atoms with Crippen LogP contribution in [0.4, 0.5) is 5.69 Å². The number of para-hydroxylation sites is 1. The van der Waals surface area contributed by atoms with E-state index in [9.17, 15) is 4.79 Å². The summed E-state index contributed by atoms with van der Waals surface area (Å²) in [5.41, 5.74) is 0.619. The summed E-state index contributed by atoms with van der Waals surface area (Å²) < 4.78 is 0. The molecule has 4 nitrogen and oxygen atoms in total. The Hall–Kier alpha value is -1.55. The molecule has 0 unspecified atom stereocenters. The maximum atomic E-state index is 12.9. The van der Waals surface area contributed by atoms with Crippen molar-refractivity contribution in [1.29, 1.82) is 0 Å². The Morgan fingerprint density at radius 1 is 1.17 bits per heavy atom. The smallest absolute Gasteiger partial charge is 0.245 e. The minimum Gasteiger partial charge on any atom is -0.371 e. The lowest BCUT2D eigenvalue weighted by atomic mass is 9.95. The number of nitrogens with zero attached hydrogens (tertiary/aromatic N) is 1. The number of carbonyl (C=O) groups excluding carboxylic acids is 1. The first kappa shape index (κ1) is 16.3. The van der Waals surface area contributed by atoms with E-state index in [2.05, 4.69) is 22.6 Å². The van der Waals surface area contributed by atoms with Gasteiger partial charge in [0.15, 0.2) is 0 Å². The molecule has 0 spiro atoms. The quantitative estimate of drug-likeness (QED) is 0.878. The van der Waals surface area contributed by atoms with E-state index in [-0.39, 0.29) is 5.91 Å². The number of likely N-dealkylation sites (N-methyl/N-ethyl adjacent to an activating group) is 1. The Balaban J connectivity index is 1.62. The van der Waals surface area contributed by atoms with Crippen molar-refractivity contribution in [2.24, 2.45) is 0 Å². The first-order valence-electron chi connectivity index (χ1n) is 9.01. The van der Waals surface area contributed by atoms with Crippen molar-refractivity contribution in [3.05, 3.63) is 30.3 Å². The summed E-state index contributed by atoms with van der Waals surface area (Å²) in [6.07, 6.45) is 7.84. The van der Waals surface area contributed by atoms with E-state index < -0.39 is 5.54 Å². The van der Waals surface area contributed by atoms with Crippen LogP contribution in [0.15, 0.2) is 30.3 Å². The van der Waals surface area contributed by atoms with Gasteiger partial charge in [-0.15, -0.1) is 0 Å². The number of likely N-dealkylation sites (tertiary alicyclic amines) is 1. The van der Waals surface area contributed by atoms with Gasteiger partial charge in [0.2, 0.25) is 5.91 Å². The van der Waals surface area contributed by atoms with Crippen LogP contribution >= 0.6 is 0 Å². The predicted molar refractivity (Wildman–Crippen MR) is 94.5 cm³/mol. The summed E-state index contributed by atoms with van der Waals surface area (Å²) in [4.78, 5) is 15.3. The molecule has 1 heterocycles. The number of amides is 1. The Labute approximate surface area is 139 Å². The molecule has 0 radical (unpaired) electrons. The first-order valence-corrected chi connectivity index (χ1v) is 9.01. The van der Waals surface area contributed by atoms with Gasteiger partial charge in [0.1, 0.15) is 5.54 Å². The molecular formula is C19H29N3O. The molecule has 1 amide bonds. The maximum Gasteiger partial charge on any atom is 0.245 e. The molecule has 4 heteroatoms. The lowest BCUT2D eigenvalue weighted by molar-refractivity contribution is -0.125. The maximum absolute atomic E-state index is 12.9. The van der Waals surface area contributed by atoms with E-state index in [1.807, 2.05) is 30.3 Å². The Morgan fingerprint density at radius 3 is 2.61 bits per heavy atom. The van der Waals surface area contributed by atoms with Crippen LogP contribution in [0.1, 0.15) is 44.9 Å². The van der Waals surface area contributed by atoms with E-state index in [1.165, 1.54) is 19.3 Å². The average Bonchev–Trinajstić information content (AvgIpc) is 3.04. The lowest BCUT2D eigenvalue weighted by Gasteiger charge is -2.35. The van der Waals surface area contributed by atoms with Crippen molar-refractivity contribution in [3.63, 3.8) is 0 Å². The first-order chi connectivity index (χ1) is 11.2. The van der Waals surface area contributed by atoms with Crippen LogP contribution in [-0.2, 0) is 4.79 Å². The monoisotopic (exact) mass is 315 g/mol. The third-order valence-electron chi connectivity index (χ3n) is 5.47. The molecule has 2 N–H and O–H groups in total. The van der Waals surface area contributed by atoms with E-state index in [1.54, 1.807) is 0 Å². The van der Waals surface area contributed by atoms with Gasteiger partial charge in [0.25, 0.3) is 0 Å². The van der Waals surface area contributed by atoms with Crippen LogP contribution in [0.2, 0.25) is 0 Å². The number of hydrogen-bond acceptors (Lipinski definition) is 3. The van der Waals surface area contributed by atoms with Gasteiger partial charge in [0.05, 0.1) is 0 Å². The molecule has 2 fully saturated rings. The molecule has 126 valence electrons. The second kappa shape index (κ2) is 7.35. The number of benzene rings is 1. The molecule has 1 aliphatic heterocycles. The summed E-state index contributed by atoms with van der Waals surface area (Å²) >= 11 is 0. The summed E-state index contributed by atoms with van der Waals surface area (Å²) in [7, 11) is 2.17. The normalized spacial score (nSPS) is 24.3. The fraction of sp³-hybridized carbons (Fsp3) is 0.632. The fourth-order valence-electron chi connectivity index (χ4n) is 3.97. The van der Waals surface area contributed by atoms with E-state index in [0.717, 1.165) is 44.5 Å². The van der Waals surface area contributed by atoms with Gasteiger partial charge in [0, 0.05) is 18.3 Å². The number of rotatable bonds is 5. The van der Waals surface area contributed by atoms with Gasteiger partial charge < -0.3 is 15.5 Å². The van der Waals surface area contributed by atoms with E-state index >= 15 is 0 Å². The van der Waals surface area contributed by atoms with Gasteiger partial charge in [-0.25, -0.2) is 0 Å². The van der Waals surface area contributed by atoms with E-state index in [0.29, 0.717) is 6.04 Å². The molecule has 1 aromatic rings. The minimum absolute atomic E-state index is 0.179. The zero-order valence-corrected chi connectivity index (χ0v) is 14.2. The predicted octanol–water partition coefficient (Wildman–Crippen LogP) is 3.01. The summed E-state index contributed by atoms with van der Waals surface area (Å²) in [5.74, 6) is 0.179. The van der Waals surface area contributed by atoms with Crippen molar-refractivity contribution in [2.45, 2.75) is 56.5 Å². The van der Waals surface area contributed by atoms with Crippen molar-refractivity contribution >= 4 is 11.6 Å². The van der Waals surface area contributed by atoms with Gasteiger partial charge in [-0.2, -0.15) is 0 Å². The van der Waals surface area contributed by atoms with Crippen LogP contribution in [-0.4, -0.2) is 42.5 Å². The number of hydrogen-bond donors (Lipinski definition) is 2. The summed E-state index contributed by atoms with van der Waals surface area (Å²) in [6.45, 7) is 1.92. The van der Waals surface area contributed by atoms with Gasteiger partial charge in [-0.3, -0.25) is 4.79 Å². The molecule has 0 aromatic heterocycles. The molecule has 3 rings (SSSR count). The molecule has 0 bridgehead atoms. The van der Waals surface area contributed by atoms with Crippen LogP contribution in [0.3, 0.4) is 0 Å². The van der Waals surface area contributed by atoms with Crippen LogP contribution in [0.25, 0.3) is 0 Å². The fourth-order valence-corrected chi connectivity index (χ4v) is 3.97. The summed E-state index contributed by atoms with van der Waals surface area (Å²) in [6, 6.07) is 10.6. The Morgan fingerprint density at radius 2 is 1.91 bits per heavy atom. The molecule has 2 aliphatic rings. The van der Waals surface area contributed by atoms with Crippen molar-refractivity contribution in [3.8, 4) is 0 Å². The molecule has 23 heavy (non-hydrogen) atoms. The number of carbonyl (C=O) groups is 1. The van der Waals surface area contributed by atoms with Crippen LogP contribution in [0.5, 0.6) is 0 Å².